The third-order valence-corrected chi connectivity index (χ3v) is 10.5. The largest absolute Gasteiger partial charge is 0.385 e. The maximum atomic E-state index is 13.0. The predicted octanol–water partition coefficient (Wildman–Crippen LogP) is 4.20. The van der Waals surface area contributed by atoms with E-state index in [4.69, 9.17) is 0 Å². The zero-order chi connectivity index (χ0) is 42.1. The minimum absolute atomic E-state index is 0.141. The van der Waals surface area contributed by atoms with Crippen molar-refractivity contribution in [3.05, 3.63) is 94.4 Å². The fourth-order valence-electron chi connectivity index (χ4n) is 6.87. The van der Waals surface area contributed by atoms with Gasteiger partial charge in [-0.25, -0.2) is 23.4 Å². The molecule has 4 N–H and O–H groups in total. The highest BCUT2D eigenvalue weighted by atomic mass is 19.1. The number of rotatable bonds is 18. The van der Waals surface area contributed by atoms with Crippen LogP contribution < -0.4 is 27.0 Å². The van der Waals surface area contributed by atoms with Crippen LogP contribution in [0.3, 0.4) is 0 Å². The maximum absolute atomic E-state index is 13.0. The molecular weight excluding hydrogens is 758 g/mol. The number of alkyl halides is 1. The number of benzene rings is 2. The number of carbonyl (C=O) groups excluding carboxylic acids is 4. The van der Waals surface area contributed by atoms with Gasteiger partial charge in [-0.1, -0.05) is 18.9 Å². The Balaban J connectivity index is 0.000000894. The Bertz CT molecular complexity index is 2480. The summed E-state index contributed by atoms with van der Waals surface area (Å²) in [5.74, 6) is -0.319. The van der Waals surface area contributed by atoms with Crippen molar-refractivity contribution in [1.29, 1.82) is 0 Å². The Morgan fingerprint density at radius 2 is 1.75 bits per heavy atom. The Hall–Kier alpha value is -6.49. The average molecular weight is 808 g/mol. The van der Waals surface area contributed by atoms with Crippen LogP contribution in [0.25, 0.3) is 33.6 Å². The number of unbranched alkanes of at least 4 members (excludes halogenated alkanes) is 3. The Morgan fingerprint density at radius 3 is 2.41 bits per heavy atom. The van der Waals surface area contributed by atoms with Crippen molar-refractivity contribution in [3.63, 3.8) is 0 Å². The number of nitrogens with zero attached hydrogens (tertiary/aromatic N) is 7. The number of imidazole rings is 2. The van der Waals surface area contributed by atoms with Gasteiger partial charge in [0.15, 0.2) is 11.9 Å². The SMILES string of the molecule is CNC(=O)CCC(C=O)n1c(=O)n(C)c2cc(CCCCCCNC(=O)c3ccc(-n4cc(-c5cc(NC)c6ncc(C=O)n6n5)cn4)cc3)ccc21.CN[C@@H]1C[C@@H]1F. The topological polar surface area (TPSA) is 191 Å². The average Bonchev–Trinajstić information content (AvgIpc) is 3.54. The molecule has 2 amide bonds. The zero-order valence-electron chi connectivity index (χ0n) is 33.7. The van der Waals surface area contributed by atoms with E-state index in [0.29, 0.717) is 40.9 Å². The van der Waals surface area contributed by atoms with E-state index in [9.17, 15) is 28.4 Å². The highest BCUT2D eigenvalue weighted by Crippen LogP contribution is 2.26. The normalized spacial score (nSPS) is 15.0. The van der Waals surface area contributed by atoms with Gasteiger partial charge in [0.25, 0.3) is 5.91 Å². The van der Waals surface area contributed by atoms with E-state index in [1.807, 2.05) is 42.6 Å². The Labute approximate surface area is 340 Å². The lowest BCUT2D eigenvalue weighted by Crippen LogP contribution is -2.28. The molecule has 1 saturated carbocycles. The summed E-state index contributed by atoms with van der Waals surface area (Å²) in [6, 6.07) is 14.4. The summed E-state index contributed by atoms with van der Waals surface area (Å²) in [5, 5.41) is 20.5. The Kier molecular flexibility index (Phi) is 13.8. The van der Waals surface area contributed by atoms with Gasteiger partial charge in [0, 0.05) is 57.5 Å². The maximum Gasteiger partial charge on any atom is 0.329 e. The minimum Gasteiger partial charge on any atom is -0.385 e. The number of fused-ring (bicyclic) bond motifs is 2. The number of aldehydes is 2. The number of carbonyl (C=O) groups is 4. The van der Waals surface area contributed by atoms with Crippen LogP contribution in [-0.2, 0) is 23.1 Å². The minimum atomic E-state index is -0.715. The number of nitrogens with one attached hydrogen (secondary N) is 4. The number of aromatic nitrogens is 7. The number of aryl methyl sites for hydroxylation is 2. The molecule has 310 valence electrons. The molecule has 0 saturated heterocycles. The molecule has 4 aromatic heterocycles. The second-order valence-electron chi connectivity index (χ2n) is 14.5. The van der Waals surface area contributed by atoms with Gasteiger partial charge < -0.3 is 26.1 Å². The smallest absolute Gasteiger partial charge is 0.329 e. The molecule has 0 radical (unpaired) electrons. The molecule has 1 unspecified atom stereocenters. The quantitative estimate of drug-likeness (QED) is 0.0723. The standard InChI is InChI=1S/C38H42N10O5.C4H8FN/c1-39-32-19-31(44-48-30(24-50)21-42-36(32)48)27-20-43-46(22-27)28-12-10-26(11-13-28)37(52)41-17-7-5-4-6-8-25-9-15-33-34(18-25)45(3)38(53)47(33)29(23-49)14-16-35(51)40-2;1-6-4-2-3(4)5/h9-13,15,18-24,29,39H,4-8,14,16-17H2,1-3H3,(H,40,51)(H,41,52);3-4,6H,2H2,1H3/t;3-,4+/m.0/s1. The molecule has 1 fully saturated rings. The van der Waals surface area contributed by atoms with Crippen molar-refractivity contribution in [2.24, 2.45) is 7.05 Å². The summed E-state index contributed by atoms with van der Waals surface area (Å²) in [6.07, 6.45) is 11.6. The fourth-order valence-corrected chi connectivity index (χ4v) is 6.87. The van der Waals surface area contributed by atoms with Gasteiger partial charge in [-0.15, -0.1) is 0 Å². The monoisotopic (exact) mass is 807 g/mol. The van der Waals surface area contributed by atoms with Crippen molar-refractivity contribution in [1.82, 2.24) is 49.5 Å². The molecule has 17 heteroatoms. The van der Waals surface area contributed by atoms with Crippen LogP contribution in [0, 0.1) is 0 Å². The number of amides is 2. The number of anilines is 1. The number of hydrogen-bond acceptors (Lipinski definition) is 10. The number of halogens is 1. The molecule has 1 aliphatic rings. The molecule has 0 spiro atoms. The number of hydrogen-bond donors (Lipinski definition) is 4. The zero-order valence-corrected chi connectivity index (χ0v) is 33.7. The van der Waals surface area contributed by atoms with Gasteiger partial charge in [-0.2, -0.15) is 10.2 Å². The fraction of sp³-hybridized carbons (Fsp3) is 0.381. The van der Waals surface area contributed by atoms with E-state index in [2.05, 4.69) is 36.4 Å². The van der Waals surface area contributed by atoms with Gasteiger partial charge in [0.1, 0.15) is 18.2 Å². The molecule has 3 atom stereocenters. The van der Waals surface area contributed by atoms with E-state index in [1.165, 1.54) is 15.3 Å². The van der Waals surface area contributed by atoms with Crippen molar-refractivity contribution < 1.29 is 23.6 Å². The first kappa shape index (κ1) is 42.1. The summed E-state index contributed by atoms with van der Waals surface area (Å²) in [7, 11) is 6.80. The lowest BCUT2D eigenvalue weighted by Gasteiger charge is -2.12. The van der Waals surface area contributed by atoms with Crippen LogP contribution in [0.2, 0.25) is 0 Å². The van der Waals surface area contributed by atoms with Gasteiger partial charge in [0.05, 0.1) is 46.5 Å². The van der Waals surface area contributed by atoms with Crippen LogP contribution in [-0.4, -0.2) is 97.8 Å². The van der Waals surface area contributed by atoms with E-state index in [-0.39, 0.29) is 36.4 Å². The summed E-state index contributed by atoms with van der Waals surface area (Å²) >= 11 is 0. The molecule has 59 heavy (non-hydrogen) atoms. The molecule has 0 aliphatic heterocycles. The molecule has 1 aliphatic carbocycles. The summed E-state index contributed by atoms with van der Waals surface area (Å²) in [6.45, 7) is 0.567. The van der Waals surface area contributed by atoms with Crippen LogP contribution >= 0.6 is 0 Å². The molecule has 4 heterocycles. The first-order valence-corrected chi connectivity index (χ1v) is 19.7. The third kappa shape index (κ3) is 9.80. The van der Waals surface area contributed by atoms with Crippen molar-refractivity contribution >= 4 is 46.8 Å². The highest BCUT2D eigenvalue weighted by Gasteiger charge is 2.35. The first-order valence-electron chi connectivity index (χ1n) is 19.7. The second-order valence-corrected chi connectivity index (χ2v) is 14.5. The summed E-state index contributed by atoms with van der Waals surface area (Å²) < 4.78 is 17.9. The van der Waals surface area contributed by atoms with Gasteiger partial charge >= 0.3 is 5.69 Å². The van der Waals surface area contributed by atoms with Crippen LogP contribution in [0.4, 0.5) is 10.1 Å². The van der Waals surface area contributed by atoms with Gasteiger partial charge in [-0.05, 0) is 87.2 Å². The molecular formula is C42H50FN11O5. The second kappa shape index (κ2) is 19.3. The Morgan fingerprint density at radius 1 is 0.983 bits per heavy atom. The van der Waals surface area contributed by atoms with Gasteiger partial charge in [-0.3, -0.25) is 23.5 Å². The van der Waals surface area contributed by atoms with E-state index >= 15 is 0 Å². The summed E-state index contributed by atoms with van der Waals surface area (Å²) in [4.78, 5) is 65.1. The van der Waals surface area contributed by atoms with E-state index < -0.39 is 12.2 Å². The van der Waals surface area contributed by atoms with Crippen LogP contribution in [0.15, 0.2) is 71.9 Å². The summed E-state index contributed by atoms with van der Waals surface area (Å²) in [5.41, 5.74) is 6.57. The first-order chi connectivity index (χ1) is 28.6. The van der Waals surface area contributed by atoms with E-state index in [1.54, 1.807) is 55.8 Å². The van der Waals surface area contributed by atoms with Gasteiger partial charge in [0.2, 0.25) is 5.91 Å². The molecule has 0 bridgehead atoms. The van der Waals surface area contributed by atoms with E-state index in [0.717, 1.165) is 72.8 Å². The van der Waals surface area contributed by atoms with Crippen LogP contribution in [0.1, 0.15) is 77.4 Å². The van der Waals surface area contributed by atoms with Crippen molar-refractivity contribution in [2.45, 2.75) is 69.6 Å². The van der Waals surface area contributed by atoms with Crippen molar-refractivity contribution in [3.8, 4) is 16.9 Å². The molecule has 6 aromatic rings. The van der Waals surface area contributed by atoms with Crippen molar-refractivity contribution in [2.75, 3.05) is 33.0 Å². The molecule has 2 aromatic carbocycles. The lowest BCUT2D eigenvalue weighted by molar-refractivity contribution is -0.121. The lowest BCUT2D eigenvalue weighted by atomic mass is 10.1. The highest BCUT2D eigenvalue weighted by molar-refractivity contribution is 5.94. The molecule has 16 nitrogen and oxygen atoms in total. The van der Waals surface area contributed by atoms with Crippen LogP contribution in [0.5, 0.6) is 0 Å². The molecule has 7 rings (SSSR count). The predicted molar refractivity (Wildman–Crippen MR) is 223 cm³/mol. The third-order valence-electron chi connectivity index (χ3n) is 10.5.